The zero-order valence-electron chi connectivity index (χ0n) is 14.8. The SMILES string of the molecule is CS(=O)(=O)c1ccc(S[C@@H](c2ccccc2)c2ccc(Cl)cc2)c([N+](=O)[O-])c1. The standard InChI is InChI=1S/C20H16ClNO4S2/c1-28(25,26)17-11-12-19(18(13-17)22(23)24)27-20(14-5-3-2-4-6-14)15-7-9-16(21)10-8-15/h2-13,20H,1H3/t20-/m0/s1. The van der Waals surface area contributed by atoms with Crippen molar-refractivity contribution in [3.63, 3.8) is 0 Å². The van der Waals surface area contributed by atoms with Crippen molar-refractivity contribution in [2.45, 2.75) is 15.0 Å². The first-order chi connectivity index (χ1) is 13.3. The highest BCUT2D eigenvalue weighted by atomic mass is 35.5. The van der Waals surface area contributed by atoms with Gasteiger partial charge >= 0.3 is 0 Å². The van der Waals surface area contributed by atoms with Crippen LogP contribution in [0.25, 0.3) is 0 Å². The maximum absolute atomic E-state index is 11.8. The van der Waals surface area contributed by atoms with E-state index >= 15 is 0 Å². The molecular weight excluding hydrogens is 418 g/mol. The van der Waals surface area contributed by atoms with Crippen LogP contribution in [0.2, 0.25) is 5.02 Å². The molecule has 3 rings (SSSR count). The second kappa shape index (κ2) is 8.34. The van der Waals surface area contributed by atoms with Crippen LogP contribution in [0.4, 0.5) is 5.69 Å². The molecule has 0 aliphatic carbocycles. The predicted molar refractivity (Wildman–Crippen MR) is 112 cm³/mol. The smallest absolute Gasteiger partial charge is 0.258 e. The minimum absolute atomic E-state index is 0.0775. The van der Waals surface area contributed by atoms with Gasteiger partial charge in [-0.15, -0.1) is 11.8 Å². The Morgan fingerprint density at radius 1 is 0.964 bits per heavy atom. The fourth-order valence-electron chi connectivity index (χ4n) is 2.69. The maximum atomic E-state index is 11.8. The lowest BCUT2D eigenvalue weighted by Crippen LogP contribution is -2.01. The topological polar surface area (TPSA) is 77.3 Å². The second-order valence-corrected chi connectivity index (χ2v) is 9.72. The molecule has 0 N–H and O–H groups in total. The molecule has 0 aromatic heterocycles. The van der Waals surface area contributed by atoms with E-state index in [2.05, 4.69) is 0 Å². The van der Waals surface area contributed by atoms with E-state index in [9.17, 15) is 18.5 Å². The molecule has 0 radical (unpaired) electrons. The van der Waals surface area contributed by atoms with E-state index in [1.54, 1.807) is 12.1 Å². The van der Waals surface area contributed by atoms with Crippen molar-refractivity contribution in [1.29, 1.82) is 0 Å². The number of benzene rings is 3. The fraction of sp³-hybridized carbons (Fsp3) is 0.100. The van der Waals surface area contributed by atoms with Crippen LogP contribution in [0.1, 0.15) is 16.4 Å². The molecule has 8 heteroatoms. The summed E-state index contributed by atoms with van der Waals surface area (Å²) in [6.45, 7) is 0. The van der Waals surface area contributed by atoms with Crippen molar-refractivity contribution >= 4 is 38.9 Å². The molecule has 0 spiro atoms. The largest absolute Gasteiger partial charge is 0.284 e. The molecule has 28 heavy (non-hydrogen) atoms. The quantitative estimate of drug-likeness (QED) is 0.290. The van der Waals surface area contributed by atoms with E-state index in [1.807, 2.05) is 42.5 Å². The molecule has 3 aromatic rings. The van der Waals surface area contributed by atoms with Gasteiger partial charge in [-0.2, -0.15) is 0 Å². The van der Waals surface area contributed by atoms with Gasteiger partial charge in [0, 0.05) is 17.3 Å². The molecule has 0 saturated heterocycles. The lowest BCUT2D eigenvalue weighted by atomic mass is 10.0. The Morgan fingerprint density at radius 3 is 2.14 bits per heavy atom. The summed E-state index contributed by atoms with van der Waals surface area (Å²) in [7, 11) is -3.54. The Balaban J connectivity index is 2.08. The summed E-state index contributed by atoms with van der Waals surface area (Å²) < 4.78 is 23.5. The Kier molecular flexibility index (Phi) is 6.07. The summed E-state index contributed by atoms with van der Waals surface area (Å²) in [6.07, 6.45) is 1.03. The minimum atomic E-state index is -3.54. The Hall–Kier alpha value is -2.35. The highest BCUT2D eigenvalue weighted by Crippen LogP contribution is 2.44. The molecule has 0 bridgehead atoms. The van der Waals surface area contributed by atoms with E-state index in [1.165, 1.54) is 23.9 Å². The summed E-state index contributed by atoms with van der Waals surface area (Å²) in [6, 6.07) is 20.9. The molecule has 0 amide bonds. The van der Waals surface area contributed by atoms with Gasteiger partial charge in [0.25, 0.3) is 5.69 Å². The van der Waals surface area contributed by atoms with Gasteiger partial charge in [-0.1, -0.05) is 54.1 Å². The van der Waals surface area contributed by atoms with Gasteiger partial charge in [-0.3, -0.25) is 10.1 Å². The summed E-state index contributed by atoms with van der Waals surface area (Å²) in [5, 5.41) is 12.0. The molecule has 0 fully saturated rings. The summed E-state index contributed by atoms with van der Waals surface area (Å²) in [5.41, 5.74) is 1.67. The lowest BCUT2D eigenvalue weighted by molar-refractivity contribution is -0.388. The monoisotopic (exact) mass is 433 g/mol. The highest BCUT2D eigenvalue weighted by molar-refractivity contribution is 8.00. The van der Waals surface area contributed by atoms with Gasteiger partial charge in [0.1, 0.15) is 0 Å². The number of rotatable bonds is 6. The molecule has 0 saturated carbocycles. The van der Waals surface area contributed by atoms with E-state index < -0.39 is 14.8 Å². The van der Waals surface area contributed by atoms with Gasteiger partial charge in [-0.25, -0.2) is 8.42 Å². The number of hydrogen-bond donors (Lipinski definition) is 0. The number of halogens is 1. The number of sulfone groups is 1. The van der Waals surface area contributed by atoms with Crippen molar-refractivity contribution in [2.75, 3.05) is 6.26 Å². The van der Waals surface area contributed by atoms with Crippen LogP contribution >= 0.6 is 23.4 Å². The van der Waals surface area contributed by atoms with Gasteiger partial charge < -0.3 is 0 Å². The van der Waals surface area contributed by atoms with Crippen molar-refractivity contribution in [3.05, 3.63) is 99.1 Å². The molecular formula is C20H16ClNO4S2. The van der Waals surface area contributed by atoms with Crippen molar-refractivity contribution in [2.24, 2.45) is 0 Å². The first-order valence-electron chi connectivity index (χ1n) is 8.21. The minimum Gasteiger partial charge on any atom is -0.258 e. The highest BCUT2D eigenvalue weighted by Gasteiger charge is 2.24. The number of hydrogen-bond acceptors (Lipinski definition) is 5. The molecule has 0 aliphatic heterocycles. The zero-order chi connectivity index (χ0) is 20.3. The van der Waals surface area contributed by atoms with Crippen LogP contribution in [0.15, 0.2) is 82.6 Å². The Bertz CT molecular complexity index is 1100. The summed E-state index contributed by atoms with van der Waals surface area (Å²) in [5.74, 6) is 0. The van der Waals surface area contributed by atoms with Crippen molar-refractivity contribution < 1.29 is 13.3 Å². The van der Waals surface area contributed by atoms with Gasteiger partial charge in [0.05, 0.1) is 20.0 Å². The van der Waals surface area contributed by atoms with Crippen LogP contribution in [0, 0.1) is 10.1 Å². The Morgan fingerprint density at radius 2 is 1.57 bits per heavy atom. The summed E-state index contributed by atoms with van der Waals surface area (Å²) in [4.78, 5) is 11.3. The zero-order valence-corrected chi connectivity index (χ0v) is 17.2. The molecule has 0 unspecified atom stereocenters. The van der Waals surface area contributed by atoms with E-state index in [0.29, 0.717) is 9.92 Å². The average Bonchev–Trinajstić information content (AvgIpc) is 2.67. The van der Waals surface area contributed by atoms with Crippen LogP contribution in [0.3, 0.4) is 0 Å². The third kappa shape index (κ3) is 4.73. The Labute approximate surface area is 172 Å². The third-order valence-electron chi connectivity index (χ3n) is 4.08. The fourth-order valence-corrected chi connectivity index (χ4v) is 4.70. The third-order valence-corrected chi connectivity index (χ3v) is 6.82. The second-order valence-electron chi connectivity index (χ2n) is 6.12. The van der Waals surface area contributed by atoms with Gasteiger partial charge in [0.15, 0.2) is 9.84 Å². The van der Waals surface area contributed by atoms with Crippen molar-refractivity contribution in [1.82, 2.24) is 0 Å². The number of thioether (sulfide) groups is 1. The summed E-state index contributed by atoms with van der Waals surface area (Å²) >= 11 is 7.29. The molecule has 3 aromatic carbocycles. The van der Waals surface area contributed by atoms with Crippen LogP contribution < -0.4 is 0 Å². The first-order valence-corrected chi connectivity index (χ1v) is 11.4. The molecule has 1 atom stereocenters. The molecule has 144 valence electrons. The van der Waals surface area contributed by atoms with Crippen LogP contribution in [0.5, 0.6) is 0 Å². The number of nitro groups is 1. The van der Waals surface area contributed by atoms with Gasteiger partial charge in [0.2, 0.25) is 0 Å². The normalized spacial score (nSPS) is 12.5. The molecule has 0 aliphatic rings. The van der Waals surface area contributed by atoms with E-state index in [-0.39, 0.29) is 15.8 Å². The van der Waals surface area contributed by atoms with E-state index in [0.717, 1.165) is 23.4 Å². The average molecular weight is 434 g/mol. The maximum Gasteiger partial charge on any atom is 0.284 e. The van der Waals surface area contributed by atoms with Crippen LogP contribution in [-0.4, -0.2) is 19.6 Å². The van der Waals surface area contributed by atoms with E-state index in [4.69, 9.17) is 11.6 Å². The van der Waals surface area contributed by atoms with Crippen LogP contribution in [-0.2, 0) is 9.84 Å². The number of nitro benzene ring substituents is 1. The molecule has 0 heterocycles. The number of nitrogens with zero attached hydrogens (tertiary/aromatic N) is 1. The van der Waals surface area contributed by atoms with Crippen molar-refractivity contribution in [3.8, 4) is 0 Å². The predicted octanol–water partition coefficient (Wildman–Crippen LogP) is 5.53. The lowest BCUT2D eigenvalue weighted by Gasteiger charge is -2.18. The molecule has 5 nitrogen and oxygen atoms in total. The van der Waals surface area contributed by atoms with Gasteiger partial charge in [-0.05, 0) is 35.4 Å². The first kappa shape index (κ1) is 20.4.